The van der Waals surface area contributed by atoms with Crippen molar-refractivity contribution >= 4 is 87.9 Å². The van der Waals surface area contributed by atoms with Gasteiger partial charge in [0.1, 0.15) is 0 Å². The molecular formula is C17H60N8O8S8. The van der Waals surface area contributed by atoms with Gasteiger partial charge in [0.05, 0.1) is 87.9 Å². The maximum Gasteiger partial charge on any atom is 0.0885 e. The van der Waals surface area contributed by atoms with Crippen LogP contribution in [0, 0.1) is 0 Å². The van der Waals surface area contributed by atoms with E-state index in [1.807, 2.05) is 0 Å². The lowest BCUT2D eigenvalue weighted by atomic mass is 11.0. The first-order valence-electron chi connectivity index (χ1n) is 11.2. The molecule has 0 saturated carbocycles. The number of nitrogens with two attached hydrogens (primary N) is 8. The molecule has 0 radical (unpaired) electrons. The molecule has 8 unspecified atom stereocenters. The summed E-state index contributed by atoms with van der Waals surface area (Å²) in [6.45, 7) is 14.2. The van der Waals surface area contributed by atoms with Crippen LogP contribution in [-0.2, 0) is 87.9 Å². The van der Waals surface area contributed by atoms with Crippen molar-refractivity contribution in [1.29, 1.82) is 0 Å². The van der Waals surface area contributed by atoms with E-state index in [1.54, 1.807) is 55.4 Å². The zero-order valence-corrected chi connectivity index (χ0v) is 31.3. The van der Waals surface area contributed by atoms with E-state index in [4.69, 9.17) is 41.1 Å². The highest BCUT2D eigenvalue weighted by Crippen LogP contribution is 1.61. The van der Waals surface area contributed by atoms with Crippen LogP contribution in [0.15, 0.2) is 0 Å². The minimum Gasteiger partial charge on any atom is -0.252 e. The van der Waals surface area contributed by atoms with Crippen molar-refractivity contribution < 1.29 is 33.7 Å². The third-order valence-electron chi connectivity index (χ3n) is 2.28. The Bertz CT molecular complexity index is 529. The second kappa shape index (κ2) is 60.1. The van der Waals surface area contributed by atoms with Crippen molar-refractivity contribution in [2.75, 3.05) is 46.0 Å². The standard InChI is InChI=1S/8C2H7NOS.CH4/c8*1-2-5(3)4;/h8*2-3H2,1H3;1H4. The zero-order chi connectivity index (χ0) is 34.3. The van der Waals surface area contributed by atoms with Crippen LogP contribution < -0.4 is 41.1 Å². The zero-order valence-electron chi connectivity index (χ0n) is 24.8. The van der Waals surface area contributed by atoms with Crippen LogP contribution in [0.4, 0.5) is 0 Å². The van der Waals surface area contributed by atoms with Crippen LogP contribution in [0.1, 0.15) is 62.8 Å². The molecule has 264 valence electrons. The molecule has 0 aliphatic heterocycles. The van der Waals surface area contributed by atoms with E-state index in [1.165, 1.54) is 0 Å². The lowest BCUT2D eigenvalue weighted by molar-refractivity contribution is 0.684. The van der Waals surface area contributed by atoms with Crippen molar-refractivity contribution in [3.8, 4) is 0 Å². The minimum absolute atomic E-state index is 0. The molecule has 8 atom stereocenters. The van der Waals surface area contributed by atoms with Crippen LogP contribution in [0.2, 0.25) is 0 Å². The highest BCUT2D eigenvalue weighted by molar-refractivity contribution is 7.84. The predicted octanol–water partition coefficient (Wildman–Crippen LogP) is -2.33. The molecule has 0 rings (SSSR count). The quantitative estimate of drug-likeness (QED) is 0.132. The van der Waals surface area contributed by atoms with Crippen LogP contribution >= 0.6 is 0 Å². The van der Waals surface area contributed by atoms with Crippen molar-refractivity contribution in [3.63, 3.8) is 0 Å². The van der Waals surface area contributed by atoms with E-state index < -0.39 is 87.9 Å². The Labute approximate surface area is 269 Å². The first kappa shape index (κ1) is 64.7. The van der Waals surface area contributed by atoms with E-state index in [0.29, 0.717) is 46.0 Å². The number of rotatable bonds is 8. The first-order chi connectivity index (χ1) is 18.2. The molecule has 0 aromatic rings. The molecule has 0 heterocycles. The van der Waals surface area contributed by atoms with Gasteiger partial charge in [-0.2, -0.15) is 0 Å². The van der Waals surface area contributed by atoms with E-state index >= 15 is 0 Å². The molecule has 16 N–H and O–H groups in total. The summed E-state index contributed by atoms with van der Waals surface area (Å²) in [6, 6.07) is 0. The molecule has 16 nitrogen and oxygen atoms in total. The largest absolute Gasteiger partial charge is 0.252 e. The summed E-state index contributed by atoms with van der Waals surface area (Å²) in [6.07, 6.45) is 0. The topological polar surface area (TPSA) is 345 Å². The van der Waals surface area contributed by atoms with Gasteiger partial charge in [0.25, 0.3) is 0 Å². The predicted molar refractivity (Wildman–Crippen MR) is 190 cm³/mol. The SMILES string of the molecule is C.CCS(N)=O.CCS(N)=O.CCS(N)=O.CCS(N)=O.CCS(N)=O.CCS(N)=O.CCS(N)=O.CCS(N)=O. The monoisotopic (exact) mass is 760 g/mol. The fourth-order valence-corrected chi connectivity index (χ4v) is 0. The smallest absolute Gasteiger partial charge is 0.0885 e. The van der Waals surface area contributed by atoms with Gasteiger partial charge in [-0.15, -0.1) is 0 Å². The molecule has 41 heavy (non-hydrogen) atoms. The number of hydrogen-bond acceptors (Lipinski definition) is 8. The van der Waals surface area contributed by atoms with Crippen molar-refractivity contribution in [1.82, 2.24) is 0 Å². The Kier molecular flexibility index (Phi) is 95.0. The molecule has 0 saturated heterocycles. The van der Waals surface area contributed by atoms with Gasteiger partial charge in [-0.05, 0) is 0 Å². The summed E-state index contributed by atoms with van der Waals surface area (Å²) in [5.74, 6) is 4.44. The number of hydrogen-bond donors (Lipinski definition) is 8. The molecule has 0 bridgehead atoms. The van der Waals surface area contributed by atoms with Crippen LogP contribution in [0.5, 0.6) is 0 Å². The molecule has 0 fully saturated rings. The van der Waals surface area contributed by atoms with Gasteiger partial charge in [0.2, 0.25) is 0 Å². The molecular weight excluding hydrogens is 701 g/mol. The average molecular weight is 761 g/mol. The van der Waals surface area contributed by atoms with Gasteiger partial charge in [0.15, 0.2) is 0 Å². The second-order valence-electron chi connectivity index (χ2n) is 5.36. The summed E-state index contributed by atoms with van der Waals surface area (Å²) in [5.41, 5.74) is 0. The van der Waals surface area contributed by atoms with Crippen LogP contribution in [-0.4, -0.2) is 79.7 Å². The minimum atomic E-state index is -1.07. The average Bonchev–Trinajstić information content (AvgIpc) is 2.90. The van der Waals surface area contributed by atoms with Gasteiger partial charge in [0, 0.05) is 46.0 Å². The van der Waals surface area contributed by atoms with Crippen molar-refractivity contribution in [3.05, 3.63) is 0 Å². The van der Waals surface area contributed by atoms with Crippen molar-refractivity contribution in [2.24, 2.45) is 41.1 Å². The molecule has 0 aromatic heterocycles. The fraction of sp³-hybridized carbons (Fsp3) is 1.00. The molecule has 24 heteroatoms. The third kappa shape index (κ3) is 217. The molecule has 0 amide bonds. The maximum atomic E-state index is 9.70. The Morgan fingerprint density at radius 2 is 0.293 bits per heavy atom. The summed E-state index contributed by atoms with van der Waals surface area (Å²) < 4.78 is 77.6. The molecule has 0 spiro atoms. The Morgan fingerprint density at radius 1 is 0.268 bits per heavy atom. The van der Waals surface area contributed by atoms with Crippen molar-refractivity contribution in [2.45, 2.75) is 62.8 Å². The highest BCUT2D eigenvalue weighted by atomic mass is 32.2. The molecule has 0 aromatic carbocycles. The van der Waals surface area contributed by atoms with Gasteiger partial charge < -0.3 is 0 Å². The highest BCUT2D eigenvalue weighted by Gasteiger charge is 1.76. The Morgan fingerprint density at radius 3 is 0.293 bits per heavy atom. The maximum absolute atomic E-state index is 9.70. The van der Waals surface area contributed by atoms with E-state index in [0.717, 1.165) is 0 Å². The Balaban J connectivity index is -0.0000000406. The lowest BCUT2D eigenvalue weighted by Gasteiger charge is -1.75. The van der Waals surface area contributed by atoms with Crippen LogP contribution in [0.25, 0.3) is 0 Å². The molecule has 0 aliphatic rings. The third-order valence-corrected chi connectivity index (χ3v) is 6.83. The van der Waals surface area contributed by atoms with E-state index in [-0.39, 0.29) is 7.43 Å². The van der Waals surface area contributed by atoms with E-state index in [9.17, 15) is 33.7 Å². The van der Waals surface area contributed by atoms with Crippen LogP contribution in [0.3, 0.4) is 0 Å². The second-order valence-corrected chi connectivity index (χ2v) is 16.1. The summed E-state index contributed by atoms with van der Waals surface area (Å²) in [4.78, 5) is 0. The first-order valence-corrected chi connectivity index (χ1v) is 22.2. The van der Waals surface area contributed by atoms with Gasteiger partial charge in [-0.1, -0.05) is 62.8 Å². The normalized spacial score (nSPS) is 14.4. The summed E-state index contributed by atoms with van der Waals surface area (Å²) in [5, 5.41) is 38.1. The lowest BCUT2D eigenvalue weighted by Crippen LogP contribution is -2.03. The summed E-state index contributed by atoms with van der Waals surface area (Å²) in [7, 11) is -8.58. The molecule has 0 aliphatic carbocycles. The fourth-order valence-electron chi connectivity index (χ4n) is 0. The van der Waals surface area contributed by atoms with Gasteiger partial charge in [-0.25, -0.2) is 33.7 Å². The van der Waals surface area contributed by atoms with Gasteiger partial charge in [-0.3, -0.25) is 41.1 Å². The van der Waals surface area contributed by atoms with Gasteiger partial charge >= 0.3 is 0 Å². The summed E-state index contributed by atoms with van der Waals surface area (Å²) >= 11 is 0. The Hall–Kier alpha value is 0.880. The van der Waals surface area contributed by atoms with E-state index in [2.05, 4.69) is 0 Å².